The van der Waals surface area contributed by atoms with Crippen LogP contribution in [0.5, 0.6) is 5.88 Å². The molecular formula is C23H40BrN5O2Si. The standard InChI is InChI=1S/C23H40BrN5O2Si/c1-23(2,3)32(4,5)31-18-16-28(13-8-12-27-10-6-7-11-27)15-17-30-21-9-14-29-22(26-21)20(24)19-25-29/h9,14,19H,6-8,10-13,15-18H2,1-5H3. The van der Waals surface area contributed by atoms with E-state index in [9.17, 15) is 0 Å². The van der Waals surface area contributed by atoms with Crippen LogP contribution in [0.3, 0.4) is 0 Å². The van der Waals surface area contributed by atoms with Crippen LogP contribution in [0.4, 0.5) is 0 Å². The van der Waals surface area contributed by atoms with Crippen molar-refractivity contribution in [3.63, 3.8) is 0 Å². The molecule has 180 valence electrons. The zero-order valence-electron chi connectivity index (χ0n) is 20.4. The van der Waals surface area contributed by atoms with Gasteiger partial charge in [-0.05, 0) is 79.5 Å². The normalized spacial score (nSPS) is 15.8. The van der Waals surface area contributed by atoms with Crippen molar-refractivity contribution in [2.75, 3.05) is 52.5 Å². The van der Waals surface area contributed by atoms with Crippen LogP contribution in [-0.4, -0.2) is 85.2 Å². The van der Waals surface area contributed by atoms with Crippen LogP contribution in [0.2, 0.25) is 18.1 Å². The van der Waals surface area contributed by atoms with Gasteiger partial charge in [0, 0.05) is 32.0 Å². The number of hydrogen-bond donors (Lipinski definition) is 0. The Bertz CT molecular complexity index is 849. The molecule has 1 aliphatic rings. The second-order valence-electron chi connectivity index (χ2n) is 10.2. The van der Waals surface area contributed by atoms with Crippen molar-refractivity contribution < 1.29 is 9.16 Å². The number of nitrogens with zero attached hydrogens (tertiary/aromatic N) is 5. The zero-order chi connectivity index (χ0) is 23.2. The van der Waals surface area contributed by atoms with Crippen LogP contribution in [-0.2, 0) is 4.43 Å². The molecule has 32 heavy (non-hydrogen) atoms. The van der Waals surface area contributed by atoms with E-state index in [0.717, 1.165) is 36.4 Å². The Kier molecular flexibility index (Phi) is 9.14. The lowest BCUT2D eigenvalue weighted by atomic mass is 10.2. The lowest BCUT2D eigenvalue weighted by molar-refractivity contribution is 0.162. The first-order valence-corrected chi connectivity index (χ1v) is 15.6. The summed E-state index contributed by atoms with van der Waals surface area (Å²) >= 11 is 3.48. The number of halogens is 1. The van der Waals surface area contributed by atoms with Gasteiger partial charge in [0.1, 0.15) is 6.61 Å². The number of hydrogen-bond acceptors (Lipinski definition) is 6. The fraction of sp³-hybridized carbons (Fsp3) is 0.739. The van der Waals surface area contributed by atoms with E-state index in [1.165, 1.54) is 38.9 Å². The number of rotatable bonds is 12. The van der Waals surface area contributed by atoms with Gasteiger partial charge in [-0.3, -0.25) is 4.90 Å². The molecule has 2 aromatic heterocycles. The second kappa shape index (κ2) is 11.4. The van der Waals surface area contributed by atoms with Gasteiger partial charge in [-0.15, -0.1) is 0 Å². The summed E-state index contributed by atoms with van der Waals surface area (Å²) < 4.78 is 15.0. The van der Waals surface area contributed by atoms with Crippen LogP contribution in [0.1, 0.15) is 40.0 Å². The summed E-state index contributed by atoms with van der Waals surface area (Å²) in [6, 6.07) is 1.87. The summed E-state index contributed by atoms with van der Waals surface area (Å²) in [5.74, 6) is 0.633. The molecule has 1 aliphatic heterocycles. The van der Waals surface area contributed by atoms with Crippen LogP contribution in [0.25, 0.3) is 5.65 Å². The minimum atomic E-state index is -1.72. The predicted octanol–water partition coefficient (Wildman–Crippen LogP) is 4.68. The molecule has 3 rings (SSSR count). The van der Waals surface area contributed by atoms with Crippen molar-refractivity contribution in [1.82, 2.24) is 24.4 Å². The third kappa shape index (κ3) is 7.25. The highest BCUT2D eigenvalue weighted by Gasteiger charge is 2.37. The molecule has 9 heteroatoms. The van der Waals surface area contributed by atoms with Crippen molar-refractivity contribution >= 4 is 29.9 Å². The lowest BCUT2D eigenvalue weighted by Crippen LogP contribution is -2.43. The maximum Gasteiger partial charge on any atom is 0.216 e. The van der Waals surface area contributed by atoms with Crippen molar-refractivity contribution in [2.24, 2.45) is 0 Å². The second-order valence-corrected chi connectivity index (χ2v) is 15.9. The van der Waals surface area contributed by atoms with E-state index in [1.54, 1.807) is 10.7 Å². The van der Waals surface area contributed by atoms with Crippen LogP contribution in [0, 0.1) is 0 Å². The number of fused-ring (bicyclic) bond motifs is 1. The molecule has 0 spiro atoms. The Hall–Kier alpha value is -1.00. The molecular weight excluding hydrogens is 486 g/mol. The van der Waals surface area contributed by atoms with Gasteiger partial charge in [0.15, 0.2) is 14.0 Å². The first-order chi connectivity index (χ1) is 15.2. The molecule has 0 bridgehead atoms. The molecule has 0 unspecified atom stereocenters. The molecule has 0 aromatic carbocycles. The van der Waals surface area contributed by atoms with Crippen molar-refractivity contribution in [1.29, 1.82) is 0 Å². The molecule has 3 heterocycles. The van der Waals surface area contributed by atoms with Gasteiger partial charge in [-0.1, -0.05) is 20.8 Å². The first-order valence-electron chi connectivity index (χ1n) is 11.9. The maximum absolute atomic E-state index is 6.44. The summed E-state index contributed by atoms with van der Waals surface area (Å²) in [6.07, 6.45) is 7.51. The highest BCUT2D eigenvalue weighted by Crippen LogP contribution is 2.36. The monoisotopic (exact) mass is 525 g/mol. The van der Waals surface area contributed by atoms with E-state index in [4.69, 9.17) is 9.16 Å². The topological polar surface area (TPSA) is 55.1 Å². The molecule has 7 nitrogen and oxygen atoms in total. The van der Waals surface area contributed by atoms with Gasteiger partial charge in [-0.2, -0.15) is 10.1 Å². The minimum absolute atomic E-state index is 0.239. The van der Waals surface area contributed by atoms with Gasteiger partial charge in [-0.25, -0.2) is 4.52 Å². The van der Waals surface area contributed by atoms with E-state index in [2.05, 4.69) is 69.7 Å². The summed E-state index contributed by atoms with van der Waals surface area (Å²) in [5, 5.41) is 4.47. The van der Waals surface area contributed by atoms with Crippen molar-refractivity contribution in [3.05, 3.63) is 22.9 Å². The Balaban J connectivity index is 1.49. The summed E-state index contributed by atoms with van der Waals surface area (Å²) in [5.41, 5.74) is 0.771. The van der Waals surface area contributed by atoms with Gasteiger partial charge in [0.05, 0.1) is 10.7 Å². The Labute approximate surface area is 202 Å². The van der Waals surface area contributed by atoms with E-state index in [0.29, 0.717) is 12.5 Å². The third-order valence-electron chi connectivity index (χ3n) is 6.78. The predicted molar refractivity (Wildman–Crippen MR) is 136 cm³/mol. The summed E-state index contributed by atoms with van der Waals surface area (Å²) in [4.78, 5) is 9.62. The van der Waals surface area contributed by atoms with Crippen LogP contribution >= 0.6 is 15.9 Å². The maximum atomic E-state index is 6.44. The highest BCUT2D eigenvalue weighted by atomic mass is 79.9. The molecule has 0 N–H and O–H groups in total. The Morgan fingerprint density at radius 2 is 1.84 bits per heavy atom. The number of likely N-dealkylation sites (tertiary alicyclic amines) is 1. The summed E-state index contributed by atoms with van der Waals surface area (Å²) in [6.45, 7) is 19.5. The van der Waals surface area contributed by atoms with E-state index >= 15 is 0 Å². The van der Waals surface area contributed by atoms with E-state index in [1.807, 2.05) is 12.3 Å². The van der Waals surface area contributed by atoms with E-state index < -0.39 is 8.32 Å². The summed E-state index contributed by atoms with van der Waals surface area (Å²) in [7, 11) is -1.72. The van der Waals surface area contributed by atoms with Crippen molar-refractivity contribution in [3.8, 4) is 5.88 Å². The lowest BCUT2D eigenvalue weighted by Gasteiger charge is -2.37. The van der Waals surface area contributed by atoms with Crippen LogP contribution in [0.15, 0.2) is 22.9 Å². The van der Waals surface area contributed by atoms with Gasteiger partial charge >= 0.3 is 0 Å². The molecule has 1 fully saturated rings. The third-order valence-corrected chi connectivity index (χ3v) is 11.9. The van der Waals surface area contributed by atoms with Crippen LogP contribution < -0.4 is 4.74 Å². The fourth-order valence-electron chi connectivity index (χ4n) is 3.69. The largest absolute Gasteiger partial charge is 0.476 e. The zero-order valence-corrected chi connectivity index (χ0v) is 23.0. The average Bonchev–Trinajstić information content (AvgIpc) is 3.37. The molecule has 0 atom stereocenters. The molecule has 2 aromatic rings. The smallest absolute Gasteiger partial charge is 0.216 e. The minimum Gasteiger partial charge on any atom is -0.476 e. The Morgan fingerprint density at radius 1 is 1.12 bits per heavy atom. The van der Waals surface area contributed by atoms with Crippen molar-refractivity contribution in [2.45, 2.75) is 58.2 Å². The molecule has 1 saturated heterocycles. The molecule has 0 amide bonds. The van der Waals surface area contributed by atoms with Gasteiger partial charge in [0.25, 0.3) is 0 Å². The number of ether oxygens (including phenoxy) is 1. The SMILES string of the molecule is CC(C)(C)[Si](C)(C)OCCN(CCCN1CCCC1)CCOc1ccn2ncc(Br)c2n1. The molecule has 0 radical (unpaired) electrons. The highest BCUT2D eigenvalue weighted by molar-refractivity contribution is 9.10. The average molecular weight is 527 g/mol. The molecule has 0 saturated carbocycles. The molecule has 0 aliphatic carbocycles. The van der Waals surface area contributed by atoms with Gasteiger partial charge < -0.3 is 14.1 Å². The first kappa shape index (κ1) is 25.6. The quantitative estimate of drug-likeness (QED) is 0.375. The van der Waals surface area contributed by atoms with Gasteiger partial charge in [0.2, 0.25) is 5.88 Å². The fourth-order valence-corrected chi connectivity index (χ4v) is 5.09. The number of aromatic nitrogens is 3. The van der Waals surface area contributed by atoms with E-state index in [-0.39, 0.29) is 5.04 Å². The Morgan fingerprint density at radius 3 is 2.56 bits per heavy atom.